The number of carbonyl (C=O) groups excluding carboxylic acids is 1. The zero-order chi connectivity index (χ0) is 16.1. The molecule has 4 heteroatoms. The fourth-order valence-corrected chi connectivity index (χ4v) is 4.00. The van der Waals surface area contributed by atoms with Crippen LogP contribution in [0.15, 0.2) is 22.8 Å². The van der Waals surface area contributed by atoms with Crippen molar-refractivity contribution in [2.45, 2.75) is 52.0 Å². The van der Waals surface area contributed by atoms with Crippen LogP contribution in [0.25, 0.3) is 0 Å². The maximum atomic E-state index is 12.3. The Morgan fingerprint density at radius 3 is 2.87 bits per heavy atom. The Labute approximate surface area is 139 Å². The predicted octanol–water partition coefficient (Wildman–Crippen LogP) is 3.43. The molecular formula is C19H30N2O2. The van der Waals surface area contributed by atoms with Crippen molar-refractivity contribution in [2.24, 2.45) is 17.8 Å². The van der Waals surface area contributed by atoms with E-state index >= 15 is 0 Å². The second-order valence-corrected chi connectivity index (χ2v) is 7.52. The normalized spacial score (nSPS) is 29.3. The standard InChI is InChI=1S/C19H30N2O2/c1-15-6-8-17(9-7-15)19(22)20-12-16-4-2-10-21(13-16)14-18-5-3-11-23-18/h3,5,11,15-17H,2,4,6-10,12-14H2,1H3,(H,20,22)/t15?,16-,17?/m1/s1. The van der Waals surface area contributed by atoms with E-state index < -0.39 is 0 Å². The number of piperidine rings is 1. The summed E-state index contributed by atoms with van der Waals surface area (Å²) >= 11 is 0. The molecule has 1 N–H and O–H groups in total. The highest BCUT2D eigenvalue weighted by atomic mass is 16.3. The number of amides is 1. The number of nitrogens with zero attached hydrogens (tertiary/aromatic N) is 1. The van der Waals surface area contributed by atoms with Crippen LogP contribution in [0.4, 0.5) is 0 Å². The lowest BCUT2D eigenvalue weighted by Gasteiger charge is -2.33. The van der Waals surface area contributed by atoms with Crippen LogP contribution in [-0.2, 0) is 11.3 Å². The fourth-order valence-electron chi connectivity index (χ4n) is 4.00. The van der Waals surface area contributed by atoms with Crippen LogP contribution in [0, 0.1) is 17.8 Å². The zero-order valence-corrected chi connectivity index (χ0v) is 14.3. The van der Waals surface area contributed by atoms with Crippen molar-refractivity contribution in [2.75, 3.05) is 19.6 Å². The van der Waals surface area contributed by atoms with Crippen LogP contribution in [0.2, 0.25) is 0 Å². The third-order valence-electron chi connectivity index (χ3n) is 5.51. The summed E-state index contributed by atoms with van der Waals surface area (Å²) in [6.07, 6.45) is 8.72. The van der Waals surface area contributed by atoms with E-state index in [0.717, 1.165) is 50.7 Å². The molecule has 23 heavy (non-hydrogen) atoms. The van der Waals surface area contributed by atoms with E-state index in [1.165, 1.54) is 25.7 Å². The second kappa shape index (κ2) is 8.00. The van der Waals surface area contributed by atoms with Crippen molar-refractivity contribution in [3.05, 3.63) is 24.2 Å². The van der Waals surface area contributed by atoms with Crippen molar-refractivity contribution >= 4 is 5.91 Å². The third kappa shape index (κ3) is 4.84. The van der Waals surface area contributed by atoms with Gasteiger partial charge in [-0.05, 0) is 69.0 Å². The molecule has 2 aliphatic rings. The molecule has 3 rings (SSSR count). The number of furan rings is 1. The van der Waals surface area contributed by atoms with Gasteiger partial charge in [-0.3, -0.25) is 9.69 Å². The molecule has 1 atom stereocenters. The summed E-state index contributed by atoms with van der Waals surface area (Å²) in [7, 11) is 0. The number of rotatable bonds is 5. The van der Waals surface area contributed by atoms with Crippen molar-refractivity contribution in [1.29, 1.82) is 0 Å². The van der Waals surface area contributed by atoms with Crippen LogP contribution in [0.5, 0.6) is 0 Å². The Hall–Kier alpha value is -1.29. The summed E-state index contributed by atoms with van der Waals surface area (Å²) in [5, 5.41) is 3.23. The SMILES string of the molecule is CC1CCC(C(=O)NC[C@H]2CCCN(Cc3ccco3)C2)CC1. The fraction of sp³-hybridized carbons (Fsp3) is 0.737. The molecule has 0 bridgehead atoms. The molecule has 1 saturated carbocycles. The molecule has 0 radical (unpaired) electrons. The lowest BCUT2D eigenvalue weighted by Crippen LogP contribution is -2.42. The number of hydrogen-bond acceptors (Lipinski definition) is 3. The first-order valence-electron chi connectivity index (χ1n) is 9.23. The number of hydrogen-bond donors (Lipinski definition) is 1. The van der Waals surface area contributed by atoms with Gasteiger partial charge < -0.3 is 9.73 Å². The summed E-state index contributed by atoms with van der Waals surface area (Å²) in [4.78, 5) is 14.8. The maximum absolute atomic E-state index is 12.3. The molecule has 1 amide bonds. The van der Waals surface area contributed by atoms with Crippen molar-refractivity contribution in [3.8, 4) is 0 Å². The Balaban J connectivity index is 1.40. The van der Waals surface area contributed by atoms with Crippen LogP contribution in [0.1, 0.15) is 51.2 Å². The quantitative estimate of drug-likeness (QED) is 0.904. The van der Waals surface area contributed by atoms with Gasteiger partial charge in [-0.15, -0.1) is 0 Å². The smallest absolute Gasteiger partial charge is 0.223 e. The Kier molecular flexibility index (Phi) is 5.76. The van der Waals surface area contributed by atoms with Gasteiger partial charge in [0.2, 0.25) is 5.91 Å². The summed E-state index contributed by atoms with van der Waals surface area (Å²) in [5.41, 5.74) is 0. The van der Waals surface area contributed by atoms with Crippen molar-refractivity contribution < 1.29 is 9.21 Å². The van der Waals surface area contributed by atoms with Gasteiger partial charge in [-0.2, -0.15) is 0 Å². The molecule has 4 nitrogen and oxygen atoms in total. The minimum absolute atomic E-state index is 0.258. The van der Waals surface area contributed by atoms with Gasteiger partial charge in [0.05, 0.1) is 12.8 Å². The van der Waals surface area contributed by atoms with Crippen LogP contribution in [-0.4, -0.2) is 30.4 Å². The molecule has 2 heterocycles. The van der Waals surface area contributed by atoms with E-state index in [1.807, 2.05) is 12.1 Å². The average Bonchev–Trinajstić information content (AvgIpc) is 3.07. The van der Waals surface area contributed by atoms with E-state index in [-0.39, 0.29) is 5.92 Å². The third-order valence-corrected chi connectivity index (χ3v) is 5.51. The first kappa shape index (κ1) is 16.6. The highest BCUT2D eigenvalue weighted by Crippen LogP contribution is 2.28. The van der Waals surface area contributed by atoms with E-state index in [4.69, 9.17) is 4.42 Å². The number of likely N-dealkylation sites (tertiary alicyclic amines) is 1. The van der Waals surface area contributed by atoms with Gasteiger partial charge in [0.1, 0.15) is 5.76 Å². The van der Waals surface area contributed by atoms with E-state index in [9.17, 15) is 4.79 Å². The molecule has 0 unspecified atom stereocenters. The van der Waals surface area contributed by atoms with Crippen LogP contribution in [0.3, 0.4) is 0 Å². The van der Waals surface area contributed by atoms with Crippen molar-refractivity contribution in [3.63, 3.8) is 0 Å². The van der Waals surface area contributed by atoms with Gasteiger partial charge in [0, 0.05) is 19.0 Å². The lowest BCUT2D eigenvalue weighted by molar-refractivity contribution is -0.126. The van der Waals surface area contributed by atoms with E-state index in [1.54, 1.807) is 6.26 Å². The van der Waals surface area contributed by atoms with Crippen LogP contribution < -0.4 is 5.32 Å². The summed E-state index contributed by atoms with van der Waals surface area (Å²) in [6.45, 7) is 6.20. The number of carbonyl (C=O) groups is 1. The molecule has 0 aromatic carbocycles. The van der Waals surface area contributed by atoms with Gasteiger partial charge >= 0.3 is 0 Å². The van der Waals surface area contributed by atoms with Crippen LogP contribution >= 0.6 is 0 Å². The minimum atomic E-state index is 0.258. The zero-order valence-electron chi connectivity index (χ0n) is 14.3. The average molecular weight is 318 g/mol. The Morgan fingerprint density at radius 1 is 1.30 bits per heavy atom. The summed E-state index contributed by atoms with van der Waals surface area (Å²) in [6, 6.07) is 3.98. The largest absolute Gasteiger partial charge is 0.468 e. The highest BCUT2D eigenvalue weighted by Gasteiger charge is 2.26. The van der Waals surface area contributed by atoms with E-state index in [2.05, 4.69) is 17.1 Å². The van der Waals surface area contributed by atoms with Gasteiger partial charge in [0.25, 0.3) is 0 Å². The Morgan fingerprint density at radius 2 is 2.13 bits per heavy atom. The van der Waals surface area contributed by atoms with Gasteiger partial charge in [-0.25, -0.2) is 0 Å². The molecule has 1 aromatic rings. The predicted molar refractivity (Wildman–Crippen MR) is 90.8 cm³/mol. The molecule has 1 saturated heterocycles. The molecule has 2 fully saturated rings. The maximum Gasteiger partial charge on any atom is 0.223 e. The highest BCUT2D eigenvalue weighted by molar-refractivity contribution is 5.78. The molecule has 1 aromatic heterocycles. The molecular weight excluding hydrogens is 288 g/mol. The molecule has 0 spiro atoms. The van der Waals surface area contributed by atoms with Crippen molar-refractivity contribution in [1.82, 2.24) is 10.2 Å². The second-order valence-electron chi connectivity index (χ2n) is 7.52. The minimum Gasteiger partial charge on any atom is -0.468 e. The first-order chi connectivity index (χ1) is 11.2. The molecule has 1 aliphatic carbocycles. The van der Waals surface area contributed by atoms with Gasteiger partial charge in [-0.1, -0.05) is 6.92 Å². The van der Waals surface area contributed by atoms with E-state index in [0.29, 0.717) is 11.8 Å². The lowest BCUT2D eigenvalue weighted by atomic mass is 9.82. The summed E-state index contributed by atoms with van der Waals surface area (Å²) in [5.74, 6) is 2.96. The Bertz CT molecular complexity index is 478. The van der Waals surface area contributed by atoms with Gasteiger partial charge in [0.15, 0.2) is 0 Å². The summed E-state index contributed by atoms with van der Waals surface area (Å²) < 4.78 is 5.45. The topological polar surface area (TPSA) is 45.5 Å². The monoisotopic (exact) mass is 318 g/mol. The molecule has 1 aliphatic heterocycles. The molecule has 128 valence electrons. The first-order valence-corrected chi connectivity index (χ1v) is 9.23. The number of nitrogens with one attached hydrogen (secondary N) is 1.